The number of amides is 2. The lowest BCUT2D eigenvalue weighted by Crippen LogP contribution is -2.50. The zero-order chi connectivity index (χ0) is 16.1. The van der Waals surface area contributed by atoms with E-state index >= 15 is 0 Å². The van der Waals surface area contributed by atoms with Crippen molar-refractivity contribution < 1.29 is 9.59 Å². The largest absolute Gasteiger partial charge is 0.339 e. The average molecular weight is 333 g/mol. The van der Waals surface area contributed by atoms with E-state index in [1.807, 2.05) is 27.3 Å². The van der Waals surface area contributed by atoms with E-state index in [1.165, 1.54) is 17.7 Å². The minimum absolute atomic E-state index is 0.0679. The van der Waals surface area contributed by atoms with Crippen molar-refractivity contribution in [1.82, 2.24) is 24.6 Å². The molecule has 0 saturated carbocycles. The van der Waals surface area contributed by atoms with Crippen LogP contribution < -0.4 is 0 Å². The van der Waals surface area contributed by atoms with Gasteiger partial charge in [0.2, 0.25) is 5.91 Å². The Labute approximate surface area is 138 Å². The quantitative estimate of drug-likeness (QED) is 0.822. The fourth-order valence-corrected chi connectivity index (χ4v) is 3.30. The molecule has 0 aliphatic carbocycles. The predicted molar refractivity (Wildman–Crippen MR) is 86.1 cm³/mol. The van der Waals surface area contributed by atoms with Gasteiger partial charge < -0.3 is 9.80 Å². The van der Waals surface area contributed by atoms with Crippen molar-refractivity contribution in [2.75, 3.05) is 26.2 Å². The Morgan fingerprint density at radius 3 is 2.61 bits per heavy atom. The first-order chi connectivity index (χ1) is 11.2. The van der Waals surface area contributed by atoms with Gasteiger partial charge in [-0.25, -0.2) is 4.98 Å². The molecule has 0 N–H and O–H groups in total. The number of hydrogen-bond acceptors (Lipinski definition) is 5. The second kappa shape index (κ2) is 7.36. The molecule has 1 aliphatic rings. The van der Waals surface area contributed by atoms with Crippen molar-refractivity contribution in [3.05, 3.63) is 35.0 Å². The second-order valence-corrected chi connectivity index (χ2v) is 6.36. The zero-order valence-corrected chi connectivity index (χ0v) is 13.6. The van der Waals surface area contributed by atoms with Crippen LogP contribution in [0.2, 0.25) is 0 Å². The summed E-state index contributed by atoms with van der Waals surface area (Å²) in [5.41, 5.74) is 0. The third kappa shape index (κ3) is 3.95. The summed E-state index contributed by atoms with van der Waals surface area (Å²) in [4.78, 5) is 32.8. The molecule has 0 bridgehead atoms. The van der Waals surface area contributed by atoms with Gasteiger partial charge in [-0.15, -0.1) is 11.3 Å². The molecular formula is C15H19N5O2S. The molecule has 0 radical (unpaired) electrons. The Kier molecular flexibility index (Phi) is 5.02. The van der Waals surface area contributed by atoms with Gasteiger partial charge in [-0.3, -0.25) is 14.3 Å². The lowest BCUT2D eigenvalue weighted by molar-refractivity contribution is -0.132. The number of hydrogen-bond donors (Lipinski definition) is 0. The van der Waals surface area contributed by atoms with Crippen molar-refractivity contribution >= 4 is 23.2 Å². The van der Waals surface area contributed by atoms with E-state index < -0.39 is 0 Å². The van der Waals surface area contributed by atoms with Gasteiger partial charge in [0.1, 0.15) is 12.7 Å². The van der Waals surface area contributed by atoms with E-state index in [4.69, 9.17) is 0 Å². The number of thiophene rings is 1. The van der Waals surface area contributed by atoms with Gasteiger partial charge in [0.25, 0.3) is 5.91 Å². The normalized spacial score (nSPS) is 15.0. The van der Waals surface area contributed by atoms with Gasteiger partial charge in [-0.2, -0.15) is 5.10 Å². The topological polar surface area (TPSA) is 71.3 Å². The van der Waals surface area contributed by atoms with Crippen LogP contribution in [0.3, 0.4) is 0 Å². The van der Waals surface area contributed by atoms with Crippen LogP contribution in [0.1, 0.15) is 22.5 Å². The van der Waals surface area contributed by atoms with Crippen LogP contribution >= 0.6 is 11.3 Å². The summed E-state index contributed by atoms with van der Waals surface area (Å²) in [5, 5.41) is 5.92. The highest BCUT2D eigenvalue weighted by atomic mass is 32.1. The molecule has 3 rings (SSSR count). The van der Waals surface area contributed by atoms with Gasteiger partial charge >= 0.3 is 0 Å². The lowest BCUT2D eigenvalue weighted by atomic mass is 10.2. The van der Waals surface area contributed by atoms with E-state index in [0.717, 1.165) is 11.3 Å². The zero-order valence-electron chi connectivity index (χ0n) is 12.8. The summed E-state index contributed by atoms with van der Waals surface area (Å²) in [6.45, 7) is 3.12. The molecule has 122 valence electrons. The first kappa shape index (κ1) is 15.7. The highest BCUT2D eigenvalue weighted by molar-refractivity contribution is 7.12. The van der Waals surface area contributed by atoms with Gasteiger partial charge in [0.15, 0.2) is 0 Å². The van der Waals surface area contributed by atoms with Crippen LogP contribution in [0, 0.1) is 0 Å². The van der Waals surface area contributed by atoms with Crippen molar-refractivity contribution in [2.24, 2.45) is 0 Å². The van der Waals surface area contributed by atoms with Crippen molar-refractivity contribution in [2.45, 2.75) is 19.4 Å². The number of aryl methyl sites for hydroxylation is 1. The Bertz CT molecular complexity index is 633. The predicted octanol–water partition coefficient (Wildman–Crippen LogP) is 1.10. The van der Waals surface area contributed by atoms with Crippen molar-refractivity contribution in [1.29, 1.82) is 0 Å². The third-order valence-electron chi connectivity index (χ3n) is 3.90. The number of piperazine rings is 1. The molecule has 0 aromatic carbocycles. The van der Waals surface area contributed by atoms with E-state index in [9.17, 15) is 9.59 Å². The van der Waals surface area contributed by atoms with Crippen LogP contribution in [-0.2, 0) is 11.3 Å². The summed E-state index contributed by atoms with van der Waals surface area (Å²) < 4.78 is 1.73. The molecule has 2 aromatic rings. The first-order valence-electron chi connectivity index (χ1n) is 7.67. The van der Waals surface area contributed by atoms with Crippen LogP contribution in [-0.4, -0.2) is 62.6 Å². The standard InChI is InChI=1S/C15H19N5O2S/c21-14(4-1-5-20-12-16-11-17-20)18-6-8-19(9-7-18)15(22)13-3-2-10-23-13/h2-3,10-12H,1,4-9H2. The SMILES string of the molecule is O=C(CCCn1cncn1)N1CCN(C(=O)c2cccs2)CC1. The Morgan fingerprint density at radius 2 is 1.96 bits per heavy atom. The maximum atomic E-state index is 12.3. The monoisotopic (exact) mass is 333 g/mol. The number of rotatable bonds is 5. The van der Waals surface area contributed by atoms with Gasteiger partial charge in [0, 0.05) is 39.1 Å². The van der Waals surface area contributed by atoms with Crippen molar-refractivity contribution in [3.8, 4) is 0 Å². The summed E-state index contributed by atoms with van der Waals surface area (Å²) in [5.74, 6) is 0.214. The second-order valence-electron chi connectivity index (χ2n) is 5.41. The molecule has 1 aliphatic heterocycles. The maximum Gasteiger partial charge on any atom is 0.264 e. The highest BCUT2D eigenvalue weighted by Gasteiger charge is 2.24. The summed E-state index contributed by atoms with van der Waals surface area (Å²) in [6.07, 6.45) is 4.39. The van der Waals surface area contributed by atoms with Crippen LogP contribution in [0.5, 0.6) is 0 Å². The number of nitrogens with zero attached hydrogens (tertiary/aromatic N) is 5. The summed E-state index contributed by atoms with van der Waals surface area (Å²) >= 11 is 1.46. The minimum atomic E-state index is 0.0679. The Hall–Kier alpha value is -2.22. The number of carbonyl (C=O) groups is 2. The molecule has 1 fully saturated rings. The van der Waals surface area contributed by atoms with E-state index in [0.29, 0.717) is 39.1 Å². The highest BCUT2D eigenvalue weighted by Crippen LogP contribution is 2.14. The number of carbonyl (C=O) groups excluding carboxylic acids is 2. The molecule has 0 atom stereocenters. The minimum Gasteiger partial charge on any atom is -0.339 e. The van der Waals surface area contributed by atoms with Crippen molar-refractivity contribution in [3.63, 3.8) is 0 Å². The van der Waals surface area contributed by atoms with Gasteiger partial charge in [-0.1, -0.05) is 6.07 Å². The first-order valence-corrected chi connectivity index (χ1v) is 8.55. The molecule has 1 saturated heterocycles. The lowest BCUT2D eigenvalue weighted by Gasteiger charge is -2.34. The molecule has 2 amide bonds. The number of aromatic nitrogens is 3. The molecular weight excluding hydrogens is 314 g/mol. The van der Waals surface area contributed by atoms with Crippen LogP contribution in [0.15, 0.2) is 30.2 Å². The van der Waals surface area contributed by atoms with Gasteiger partial charge in [0.05, 0.1) is 4.88 Å². The molecule has 0 unspecified atom stereocenters. The fourth-order valence-electron chi connectivity index (χ4n) is 2.61. The summed E-state index contributed by atoms with van der Waals surface area (Å²) in [6, 6.07) is 3.72. The molecule has 23 heavy (non-hydrogen) atoms. The van der Waals surface area contributed by atoms with E-state index in [1.54, 1.807) is 11.0 Å². The third-order valence-corrected chi connectivity index (χ3v) is 4.75. The Morgan fingerprint density at radius 1 is 1.17 bits per heavy atom. The molecule has 8 heteroatoms. The van der Waals surface area contributed by atoms with Crippen LogP contribution in [0.4, 0.5) is 0 Å². The van der Waals surface area contributed by atoms with E-state index in [2.05, 4.69) is 10.1 Å². The van der Waals surface area contributed by atoms with Crippen LogP contribution in [0.25, 0.3) is 0 Å². The van der Waals surface area contributed by atoms with E-state index in [-0.39, 0.29) is 11.8 Å². The Balaban J connectivity index is 1.41. The van der Waals surface area contributed by atoms with Gasteiger partial charge in [-0.05, 0) is 17.9 Å². The molecule has 2 aromatic heterocycles. The summed E-state index contributed by atoms with van der Waals surface area (Å²) in [7, 11) is 0. The smallest absolute Gasteiger partial charge is 0.264 e. The fraction of sp³-hybridized carbons (Fsp3) is 0.467. The molecule has 0 spiro atoms. The molecule has 3 heterocycles. The average Bonchev–Trinajstić information content (AvgIpc) is 3.28. The molecule has 7 nitrogen and oxygen atoms in total. The maximum absolute atomic E-state index is 12.3.